The Morgan fingerprint density at radius 3 is 2.73 bits per heavy atom. The molecule has 3 rings (SSSR count). The van der Waals surface area contributed by atoms with Crippen molar-refractivity contribution in [2.24, 2.45) is 0 Å². The fraction of sp³-hybridized carbons (Fsp3) is 0.222. The van der Waals surface area contributed by atoms with Gasteiger partial charge in [0.15, 0.2) is 0 Å². The number of rotatable bonds is 6. The standard InChI is InChI=1S/C18H17N3O3S2/c1-11(26-17-15-14(7-8-25-15)20-10-21-17)16(22)19-9-12-3-5-13(6-4-12)18(23)24-2/h3-8,10-11H,9H2,1-2H3,(H,19,22). The van der Waals surface area contributed by atoms with Gasteiger partial charge in [0.2, 0.25) is 5.91 Å². The summed E-state index contributed by atoms with van der Waals surface area (Å²) >= 11 is 2.98. The average molecular weight is 387 g/mol. The van der Waals surface area contributed by atoms with E-state index in [1.54, 1.807) is 35.6 Å². The van der Waals surface area contributed by atoms with Crippen molar-refractivity contribution in [1.82, 2.24) is 15.3 Å². The molecule has 0 radical (unpaired) electrons. The maximum absolute atomic E-state index is 12.4. The molecule has 26 heavy (non-hydrogen) atoms. The topological polar surface area (TPSA) is 81.2 Å². The van der Waals surface area contributed by atoms with Crippen LogP contribution in [0.4, 0.5) is 0 Å². The molecule has 0 bridgehead atoms. The van der Waals surface area contributed by atoms with Crippen LogP contribution in [0.1, 0.15) is 22.8 Å². The molecule has 1 unspecified atom stereocenters. The first-order chi connectivity index (χ1) is 12.6. The normalized spacial score (nSPS) is 11.9. The quantitative estimate of drug-likeness (QED) is 0.397. The van der Waals surface area contributed by atoms with Gasteiger partial charge < -0.3 is 10.1 Å². The Labute approximate surface area is 159 Å². The molecule has 2 aromatic heterocycles. The monoisotopic (exact) mass is 387 g/mol. The van der Waals surface area contributed by atoms with Gasteiger partial charge in [-0.05, 0) is 36.1 Å². The van der Waals surface area contributed by atoms with Gasteiger partial charge in [0, 0.05) is 6.54 Å². The van der Waals surface area contributed by atoms with Crippen LogP contribution in [0.3, 0.4) is 0 Å². The molecule has 0 saturated heterocycles. The van der Waals surface area contributed by atoms with Gasteiger partial charge in [-0.15, -0.1) is 11.3 Å². The molecule has 6 nitrogen and oxygen atoms in total. The second-order valence-electron chi connectivity index (χ2n) is 5.48. The molecule has 1 N–H and O–H groups in total. The van der Waals surface area contributed by atoms with E-state index in [0.29, 0.717) is 12.1 Å². The summed E-state index contributed by atoms with van der Waals surface area (Å²) in [6, 6.07) is 8.89. The van der Waals surface area contributed by atoms with Crippen LogP contribution in [-0.2, 0) is 16.1 Å². The number of carbonyl (C=O) groups is 2. The first-order valence-corrected chi connectivity index (χ1v) is 9.64. The zero-order chi connectivity index (χ0) is 18.5. The lowest BCUT2D eigenvalue weighted by Crippen LogP contribution is -2.30. The Morgan fingerprint density at radius 1 is 1.23 bits per heavy atom. The zero-order valence-corrected chi connectivity index (χ0v) is 15.9. The van der Waals surface area contributed by atoms with Crippen molar-refractivity contribution in [2.45, 2.75) is 23.7 Å². The van der Waals surface area contributed by atoms with Crippen LogP contribution in [0.2, 0.25) is 0 Å². The number of nitrogens with one attached hydrogen (secondary N) is 1. The van der Waals surface area contributed by atoms with Crippen LogP contribution < -0.4 is 5.32 Å². The van der Waals surface area contributed by atoms with Crippen molar-refractivity contribution in [3.05, 3.63) is 53.2 Å². The molecule has 2 heterocycles. The molecule has 8 heteroatoms. The highest BCUT2D eigenvalue weighted by molar-refractivity contribution is 8.00. The van der Waals surface area contributed by atoms with Crippen LogP contribution in [0.25, 0.3) is 10.2 Å². The number of hydrogen-bond acceptors (Lipinski definition) is 7. The summed E-state index contributed by atoms with van der Waals surface area (Å²) in [4.78, 5) is 32.3. The molecule has 1 atom stereocenters. The third kappa shape index (κ3) is 4.20. The van der Waals surface area contributed by atoms with E-state index in [1.165, 1.54) is 25.2 Å². The number of thiophene rings is 1. The van der Waals surface area contributed by atoms with E-state index in [-0.39, 0.29) is 17.1 Å². The third-order valence-corrected chi connectivity index (χ3v) is 5.85. The lowest BCUT2D eigenvalue weighted by atomic mass is 10.1. The molecular formula is C18H17N3O3S2. The number of carbonyl (C=O) groups excluding carboxylic acids is 2. The maximum atomic E-state index is 12.4. The van der Waals surface area contributed by atoms with Gasteiger partial charge in [0.1, 0.15) is 11.4 Å². The summed E-state index contributed by atoms with van der Waals surface area (Å²) in [5, 5.41) is 5.40. The third-order valence-electron chi connectivity index (χ3n) is 3.71. The van der Waals surface area contributed by atoms with Crippen molar-refractivity contribution < 1.29 is 14.3 Å². The molecule has 0 fully saturated rings. The lowest BCUT2D eigenvalue weighted by molar-refractivity contribution is -0.120. The second kappa shape index (κ2) is 8.29. The Bertz CT molecular complexity index is 925. The smallest absolute Gasteiger partial charge is 0.337 e. The molecule has 0 spiro atoms. The summed E-state index contributed by atoms with van der Waals surface area (Å²) < 4.78 is 5.66. The zero-order valence-electron chi connectivity index (χ0n) is 14.3. The highest BCUT2D eigenvalue weighted by Gasteiger charge is 2.17. The SMILES string of the molecule is COC(=O)c1ccc(CNC(=O)C(C)Sc2ncnc3ccsc23)cc1. The molecule has 3 aromatic rings. The Morgan fingerprint density at radius 2 is 2.00 bits per heavy atom. The van der Waals surface area contributed by atoms with Crippen molar-refractivity contribution >= 4 is 45.2 Å². The number of ether oxygens (including phenoxy) is 1. The minimum absolute atomic E-state index is 0.0737. The van der Waals surface area contributed by atoms with E-state index in [2.05, 4.69) is 20.0 Å². The van der Waals surface area contributed by atoms with E-state index in [1.807, 2.05) is 18.4 Å². The number of hydrogen-bond donors (Lipinski definition) is 1. The Balaban J connectivity index is 1.57. The van der Waals surface area contributed by atoms with E-state index in [4.69, 9.17) is 0 Å². The summed E-state index contributed by atoms with van der Waals surface area (Å²) in [6.45, 7) is 2.24. The molecule has 1 amide bonds. The summed E-state index contributed by atoms with van der Waals surface area (Å²) in [7, 11) is 1.34. The molecule has 0 saturated carbocycles. The summed E-state index contributed by atoms with van der Waals surface area (Å²) in [5.74, 6) is -0.453. The highest BCUT2D eigenvalue weighted by Crippen LogP contribution is 2.31. The van der Waals surface area contributed by atoms with Gasteiger partial charge >= 0.3 is 5.97 Å². The number of fused-ring (bicyclic) bond motifs is 1. The van der Waals surface area contributed by atoms with Gasteiger partial charge in [-0.2, -0.15) is 0 Å². The number of benzene rings is 1. The number of aromatic nitrogens is 2. The van der Waals surface area contributed by atoms with Crippen LogP contribution in [-0.4, -0.2) is 34.2 Å². The number of nitrogens with zero attached hydrogens (tertiary/aromatic N) is 2. The predicted molar refractivity (Wildman–Crippen MR) is 102 cm³/mol. The minimum Gasteiger partial charge on any atom is -0.465 e. The van der Waals surface area contributed by atoms with Crippen molar-refractivity contribution in [2.75, 3.05) is 7.11 Å². The maximum Gasteiger partial charge on any atom is 0.337 e. The van der Waals surface area contributed by atoms with Gasteiger partial charge in [0.25, 0.3) is 0 Å². The van der Waals surface area contributed by atoms with E-state index in [9.17, 15) is 9.59 Å². The molecular weight excluding hydrogens is 370 g/mol. The number of esters is 1. The number of amides is 1. The summed E-state index contributed by atoms with van der Waals surface area (Å²) in [6.07, 6.45) is 1.52. The fourth-order valence-corrected chi connectivity index (χ4v) is 4.14. The Kier molecular flexibility index (Phi) is 5.85. The van der Waals surface area contributed by atoms with Gasteiger partial charge in [-0.3, -0.25) is 4.79 Å². The first-order valence-electron chi connectivity index (χ1n) is 7.88. The van der Waals surface area contributed by atoms with Gasteiger partial charge in [-0.25, -0.2) is 14.8 Å². The average Bonchev–Trinajstić information content (AvgIpc) is 3.15. The van der Waals surface area contributed by atoms with Gasteiger partial charge in [0.05, 0.1) is 28.1 Å². The first kappa shape index (κ1) is 18.3. The molecule has 0 aliphatic heterocycles. The van der Waals surface area contributed by atoms with Crippen LogP contribution >= 0.6 is 23.1 Å². The van der Waals surface area contributed by atoms with Crippen molar-refractivity contribution in [3.63, 3.8) is 0 Å². The largest absolute Gasteiger partial charge is 0.465 e. The summed E-state index contributed by atoms with van der Waals surface area (Å²) in [5.41, 5.74) is 2.28. The second-order valence-corrected chi connectivity index (χ2v) is 7.73. The van der Waals surface area contributed by atoms with Crippen LogP contribution in [0, 0.1) is 0 Å². The predicted octanol–water partition coefficient (Wildman–Crippen LogP) is 3.27. The number of methoxy groups -OCH3 is 1. The van der Waals surface area contributed by atoms with E-state index < -0.39 is 0 Å². The molecule has 1 aromatic carbocycles. The van der Waals surface area contributed by atoms with Gasteiger partial charge in [-0.1, -0.05) is 23.9 Å². The van der Waals surface area contributed by atoms with Crippen LogP contribution in [0.5, 0.6) is 0 Å². The minimum atomic E-state index is -0.379. The van der Waals surface area contributed by atoms with E-state index >= 15 is 0 Å². The molecule has 0 aliphatic rings. The molecule has 0 aliphatic carbocycles. The number of thioether (sulfide) groups is 1. The lowest BCUT2D eigenvalue weighted by Gasteiger charge is -2.12. The fourth-order valence-electron chi connectivity index (χ4n) is 2.28. The Hall–Kier alpha value is -2.45. The van der Waals surface area contributed by atoms with Crippen molar-refractivity contribution in [3.8, 4) is 0 Å². The highest BCUT2D eigenvalue weighted by atomic mass is 32.2. The van der Waals surface area contributed by atoms with E-state index in [0.717, 1.165) is 20.8 Å². The van der Waals surface area contributed by atoms with Crippen molar-refractivity contribution in [1.29, 1.82) is 0 Å². The molecule has 134 valence electrons. The van der Waals surface area contributed by atoms with Crippen LogP contribution in [0.15, 0.2) is 47.1 Å².